The fourth-order valence-electron chi connectivity index (χ4n) is 4.16. The second-order valence-corrected chi connectivity index (χ2v) is 7.82. The van der Waals surface area contributed by atoms with Gasteiger partial charge in [-0.1, -0.05) is 72.8 Å². The van der Waals surface area contributed by atoms with Gasteiger partial charge in [-0.2, -0.15) is 0 Å². The zero-order chi connectivity index (χ0) is 20.8. The van der Waals surface area contributed by atoms with E-state index in [2.05, 4.69) is 53.8 Å². The number of ether oxygens (including phenoxy) is 1. The highest BCUT2D eigenvalue weighted by molar-refractivity contribution is 5.78. The molecule has 154 valence electrons. The molecule has 1 saturated heterocycles. The Bertz CT molecular complexity index is 896. The molecular weight excluding hydrogens is 377 g/mol. The van der Waals surface area contributed by atoms with E-state index in [9.17, 15) is 9.18 Å². The van der Waals surface area contributed by atoms with Crippen molar-refractivity contribution >= 4 is 5.91 Å². The molecule has 3 nitrogen and oxygen atoms in total. The summed E-state index contributed by atoms with van der Waals surface area (Å²) in [5, 5.41) is 3.06. The van der Waals surface area contributed by atoms with Crippen LogP contribution in [-0.2, 0) is 16.0 Å². The van der Waals surface area contributed by atoms with E-state index in [-0.39, 0.29) is 36.2 Å². The quantitative estimate of drug-likeness (QED) is 0.638. The van der Waals surface area contributed by atoms with Crippen LogP contribution in [0.1, 0.15) is 35.4 Å². The molecule has 0 saturated carbocycles. The lowest BCUT2D eigenvalue weighted by Gasteiger charge is -2.35. The normalized spacial score (nSPS) is 18.9. The summed E-state index contributed by atoms with van der Waals surface area (Å²) < 4.78 is 19.3. The van der Waals surface area contributed by atoms with Gasteiger partial charge in [0.2, 0.25) is 5.91 Å². The average Bonchev–Trinajstić information content (AvgIpc) is 2.78. The third kappa shape index (κ3) is 5.14. The summed E-state index contributed by atoms with van der Waals surface area (Å²) in [5.74, 6) is -0.183. The fraction of sp³-hybridized carbons (Fsp3) is 0.269. The third-order valence-corrected chi connectivity index (χ3v) is 5.64. The molecule has 1 heterocycles. The Hall–Kier alpha value is -2.98. The maximum atomic E-state index is 13.0. The minimum atomic E-state index is -0.294. The first-order valence-corrected chi connectivity index (χ1v) is 10.4. The molecule has 0 aliphatic carbocycles. The van der Waals surface area contributed by atoms with Crippen LogP contribution >= 0.6 is 0 Å². The number of nitrogens with one attached hydrogen (secondary N) is 1. The van der Waals surface area contributed by atoms with E-state index >= 15 is 0 Å². The molecule has 0 spiro atoms. The number of hydrogen-bond donors (Lipinski definition) is 1. The number of benzene rings is 3. The number of carbonyl (C=O) groups is 1. The van der Waals surface area contributed by atoms with Crippen LogP contribution in [0.5, 0.6) is 0 Å². The highest BCUT2D eigenvalue weighted by Gasteiger charge is 2.31. The van der Waals surface area contributed by atoms with Crippen LogP contribution in [0.25, 0.3) is 0 Å². The zero-order valence-corrected chi connectivity index (χ0v) is 16.8. The van der Waals surface area contributed by atoms with Crippen LogP contribution in [0.2, 0.25) is 0 Å². The molecule has 2 atom stereocenters. The zero-order valence-electron chi connectivity index (χ0n) is 16.8. The standard InChI is InChI=1S/C26H26FNO2/c27-22-13-11-19(12-14-22)17-25(29)28-23-15-16-24(30-18-23)26(20-7-3-1-4-8-20)21-9-5-2-6-10-21/h1-14,23-24,26H,15-18H2,(H,28,29)/t23-,24-/m1/s1. The van der Waals surface area contributed by atoms with Crippen molar-refractivity contribution in [1.29, 1.82) is 0 Å². The molecule has 0 radical (unpaired) electrons. The molecule has 1 N–H and O–H groups in total. The van der Waals surface area contributed by atoms with Crippen molar-refractivity contribution in [2.24, 2.45) is 0 Å². The van der Waals surface area contributed by atoms with Gasteiger partial charge in [0.1, 0.15) is 5.82 Å². The van der Waals surface area contributed by atoms with E-state index in [4.69, 9.17) is 4.74 Å². The van der Waals surface area contributed by atoms with Crippen molar-refractivity contribution < 1.29 is 13.9 Å². The lowest BCUT2D eigenvalue weighted by Crippen LogP contribution is -2.44. The number of rotatable bonds is 6. The van der Waals surface area contributed by atoms with Crippen LogP contribution in [0.15, 0.2) is 84.9 Å². The molecule has 1 fully saturated rings. The van der Waals surface area contributed by atoms with Crippen LogP contribution in [0.3, 0.4) is 0 Å². The molecule has 30 heavy (non-hydrogen) atoms. The van der Waals surface area contributed by atoms with E-state index in [0.29, 0.717) is 6.61 Å². The smallest absolute Gasteiger partial charge is 0.224 e. The van der Waals surface area contributed by atoms with E-state index < -0.39 is 0 Å². The van der Waals surface area contributed by atoms with E-state index in [1.165, 1.54) is 23.3 Å². The molecule has 1 aliphatic heterocycles. The van der Waals surface area contributed by atoms with Crippen molar-refractivity contribution in [3.63, 3.8) is 0 Å². The molecule has 4 heteroatoms. The topological polar surface area (TPSA) is 38.3 Å². The number of halogens is 1. The van der Waals surface area contributed by atoms with Crippen molar-refractivity contribution in [2.75, 3.05) is 6.61 Å². The molecule has 4 rings (SSSR count). The van der Waals surface area contributed by atoms with Gasteiger partial charge in [-0.15, -0.1) is 0 Å². The summed E-state index contributed by atoms with van der Waals surface area (Å²) in [4.78, 5) is 12.4. The lowest BCUT2D eigenvalue weighted by atomic mass is 9.83. The van der Waals surface area contributed by atoms with Crippen LogP contribution in [0.4, 0.5) is 4.39 Å². The largest absolute Gasteiger partial charge is 0.375 e. The van der Waals surface area contributed by atoms with Crippen molar-refractivity contribution in [3.8, 4) is 0 Å². The molecule has 3 aromatic carbocycles. The predicted molar refractivity (Wildman–Crippen MR) is 116 cm³/mol. The molecule has 0 aromatic heterocycles. The summed E-state index contributed by atoms with van der Waals surface area (Å²) >= 11 is 0. The van der Waals surface area contributed by atoms with Crippen LogP contribution in [-0.4, -0.2) is 24.7 Å². The summed E-state index contributed by atoms with van der Waals surface area (Å²) in [6, 6.07) is 27.0. The molecular formula is C26H26FNO2. The van der Waals surface area contributed by atoms with E-state index in [1.54, 1.807) is 12.1 Å². The van der Waals surface area contributed by atoms with E-state index in [1.807, 2.05) is 12.1 Å². The number of amides is 1. The van der Waals surface area contributed by atoms with Gasteiger partial charge in [-0.25, -0.2) is 4.39 Å². The Morgan fingerprint density at radius 2 is 1.50 bits per heavy atom. The number of carbonyl (C=O) groups excluding carboxylic acids is 1. The van der Waals surface area contributed by atoms with Crippen molar-refractivity contribution in [1.82, 2.24) is 5.32 Å². The van der Waals surface area contributed by atoms with Gasteiger partial charge in [0.15, 0.2) is 0 Å². The highest BCUT2D eigenvalue weighted by Crippen LogP contribution is 2.34. The van der Waals surface area contributed by atoms with Gasteiger partial charge in [0.05, 0.1) is 25.2 Å². The van der Waals surface area contributed by atoms with Gasteiger partial charge in [-0.05, 0) is 41.7 Å². The summed E-state index contributed by atoms with van der Waals surface area (Å²) in [7, 11) is 0. The molecule has 1 aliphatic rings. The molecule has 0 bridgehead atoms. The Kier molecular flexibility index (Phi) is 6.55. The Morgan fingerprint density at radius 3 is 2.03 bits per heavy atom. The predicted octanol–water partition coefficient (Wildman–Crippen LogP) is 4.86. The Morgan fingerprint density at radius 1 is 0.900 bits per heavy atom. The average molecular weight is 403 g/mol. The minimum Gasteiger partial charge on any atom is -0.375 e. The first-order chi connectivity index (χ1) is 14.7. The van der Waals surface area contributed by atoms with Gasteiger partial charge in [0, 0.05) is 5.92 Å². The van der Waals surface area contributed by atoms with Gasteiger partial charge < -0.3 is 10.1 Å². The molecule has 1 amide bonds. The summed E-state index contributed by atoms with van der Waals surface area (Å²) in [5.41, 5.74) is 3.29. The highest BCUT2D eigenvalue weighted by atomic mass is 19.1. The van der Waals surface area contributed by atoms with Gasteiger partial charge in [-0.3, -0.25) is 4.79 Å². The summed E-state index contributed by atoms with van der Waals surface area (Å²) in [6.07, 6.45) is 2.06. The monoisotopic (exact) mass is 403 g/mol. The minimum absolute atomic E-state index is 0.00129. The van der Waals surface area contributed by atoms with Crippen LogP contribution < -0.4 is 5.32 Å². The van der Waals surface area contributed by atoms with Crippen molar-refractivity contribution in [3.05, 3.63) is 107 Å². The molecule has 0 unspecified atom stereocenters. The van der Waals surface area contributed by atoms with Gasteiger partial charge in [0.25, 0.3) is 0 Å². The second kappa shape index (κ2) is 9.68. The van der Waals surface area contributed by atoms with Gasteiger partial charge >= 0.3 is 0 Å². The maximum Gasteiger partial charge on any atom is 0.224 e. The third-order valence-electron chi connectivity index (χ3n) is 5.64. The number of hydrogen-bond acceptors (Lipinski definition) is 2. The van der Waals surface area contributed by atoms with Crippen molar-refractivity contribution in [2.45, 2.75) is 37.3 Å². The van der Waals surface area contributed by atoms with E-state index in [0.717, 1.165) is 18.4 Å². The summed E-state index contributed by atoms with van der Waals surface area (Å²) in [6.45, 7) is 0.496. The second-order valence-electron chi connectivity index (χ2n) is 7.82. The Labute approximate surface area is 176 Å². The Balaban J connectivity index is 1.37. The lowest BCUT2D eigenvalue weighted by molar-refractivity contribution is -0.122. The first-order valence-electron chi connectivity index (χ1n) is 10.4. The van der Waals surface area contributed by atoms with Crippen LogP contribution in [0, 0.1) is 5.82 Å². The first kappa shape index (κ1) is 20.3. The maximum absolute atomic E-state index is 13.0. The SMILES string of the molecule is O=C(Cc1ccc(F)cc1)N[C@@H]1CC[C@H](C(c2ccccc2)c2ccccc2)OC1. The molecule has 3 aromatic rings. The fourth-order valence-corrected chi connectivity index (χ4v) is 4.16.